The first kappa shape index (κ1) is 18.8. The zero-order chi connectivity index (χ0) is 18.9. The number of nitrogens with zero attached hydrogens (tertiary/aromatic N) is 1. The van der Waals surface area contributed by atoms with Gasteiger partial charge in [-0.15, -0.1) is 17.9 Å². The third-order valence-corrected chi connectivity index (χ3v) is 4.51. The van der Waals surface area contributed by atoms with Crippen molar-refractivity contribution in [1.82, 2.24) is 4.98 Å². The molecule has 0 radical (unpaired) electrons. The number of carbonyl (C=O) groups is 1. The predicted octanol–water partition coefficient (Wildman–Crippen LogP) is 4.56. The highest BCUT2D eigenvalue weighted by Crippen LogP contribution is 2.25. The summed E-state index contributed by atoms with van der Waals surface area (Å²) in [6.07, 6.45) is 1.79. The first-order chi connectivity index (χ1) is 13.2. The Morgan fingerprint density at radius 2 is 1.93 bits per heavy atom. The van der Waals surface area contributed by atoms with Crippen molar-refractivity contribution in [3.05, 3.63) is 78.2 Å². The minimum Gasteiger partial charge on any atom is -0.367 e. The average molecular weight is 379 g/mol. The Hall–Kier alpha value is -2.96. The van der Waals surface area contributed by atoms with Gasteiger partial charge >= 0.3 is 0 Å². The van der Waals surface area contributed by atoms with E-state index in [4.69, 9.17) is 4.74 Å². The van der Waals surface area contributed by atoms with Crippen molar-refractivity contribution in [3.8, 4) is 11.3 Å². The number of ether oxygens (including phenoxy) is 1. The molecule has 0 atom stereocenters. The van der Waals surface area contributed by atoms with Gasteiger partial charge in [-0.2, -0.15) is 0 Å². The molecule has 0 fully saturated rings. The van der Waals surface area contributed by atoms with Crippen molar-refractivity contribution < 1.29 is 9.53 Å². The first-order valence-corrected chi connectivity index (χ1v) is 9.45. The van der Waals surface area contributed by atoms with E-state index >= 15 is 0 Å². The highest BCUT2D eigenvalue weighted by Gasteiger charge is 2.06. The lowest BCUT2D eigenvalue weighted by atomic mass is 10.1. The second-order valence-electron chi connectivity index (χ2n) is 5.81. The van der Waals surface area contributed by atoms with Gasteiger partial charge in [-0.1, -0.05) is 48.5 Å². The summed E-state index contributed by atoms with van der Waals surface area (Å²) >= 11 is 1.55. The molecule has 1 aromatic heterocycles. The summed E-state index contributed by atoms with van der Waals surface area (Å²) in [6.45, 7) is 4.79. The molecule has 1 amide bonds. The maximum Gasteiger partial charge on any atom is 0.250 e. The summed E-state index contributed by atoms with van der Waals surface area (Å²) in [5.74, 6) is -0.178. The maximum absolute atomic E-state index is 12.0. The van der Waals surface area contributed by atoms with Crippen LogP contribution in [0, 0.1) is 0 Å². The quantitative estimate of drug-likeness (QED) is 0.535. The standard InChI is InChI=1S/C21H21N3O2S/c1-2-12-22-21-24-19(15-27-21)17-8-10-18(11-9-17)23-20(25)14-26-13-16-6-4-3-5-7-16/h2-11,15H,1,12-14H2,(H,22,24)(H,23,25). The van der Waals surface area contributed by atoms with Crippen LogP contribution in [-0.2, 0) is 16.1 Å². The number of carbonyl (C=O) groups excluding carboxylic acids is 1. The van der Waals surface area contributed by atoms with Gasteiger partial charge in [-0.25, -0.2) is 4.98 Å². The van der Waals surface area contributed by atoms with E-state index in [0.29, 0.717) is 13.2 Å². The van der Waals surface area contributed by atoms with Crippen molar-refractivity contribution in [2.75, 3.05) is 23.8 Å². The van der Waals surface area contributed by atoms with E-state index in [0.717, 1.165) is 27.6 Å². The van der Waals surface area contributed by atoms with E-state index < -0.39 is 0 Å². The molecule has 2 N–H and O–H groups in total. The molecule has 0 saturated carbocycles. The molecule has 0 saturated heterocycles. The van der Waals surface area contributed by atoms with Crippen LogP contribution in [0.3, 0.4) is 0 Å². The highest BCUT2D eigenvalue weighted by molar-refractivity contribution is 7.14. The number of hydrogen-bond acceptors (Lipinski definition) is 5. The van der Waals surface area contributed by atoms with Gasteiger partial charge in [-0.05, 0) is 17.7 Å². The Morgan fingerprint density at radius 1 is 1.15 bits per heavy atom. The monoisotopic (exact) mass is 379 g/mol. The second-order valence-corrected chi connectivity index (χ2v) is 6.67. The summed E-state index contributed by atoms with van der Waals surface area (Å²) in [5, 5.41) is 8.86. The fourth-order valence-corrected chi connectivity index (χ4v) is 3.13. The zero-order valence-corrected chi connectivity index (χ0v) is 15.7. The van der Waals surface area contributed by atoms with Gasteiger partial charge in [0.25, 0.3) is 0 Å². The average Bonchev–Trinajstić information content (AvgIpc) is 3.17. The van der Waals surface area contributed by atoms with Crippen molar-refractivity contribution >= 4 is 28.1 Å². The van der Waals surface area contributed by atoms with Crippen LogP contribution in [0.5, 0.6) is 0 Å². The fraction of sp³-hybridized carbons (Fsp3) is 0.143. The Labute approximate surface area is 162 Å². The molecule has 1 heterocycles. The Balaban J connectivity index is 1.49. The molecule has 0 bridgehead atoms. The largest absolute Gasteiger partial charge is 0.367 e. The molecule has 0 aliphatic heterocycles. The van der Waals surface area contributed by atoms with Gasteiger partial charge in [-0.3, -0.25) is 4.79 Å². The van der Waals surface area contributed by atoms with Crippen molar-refractivity contribution in [2.24, 2.45) is 0 Å². The fourth-order valence-electron chi connectivity index (χ4n) is 2.40. The van der Waals surface area contributed by atoms with E-state index in [9.17, 15) is 4.79 Å². The van der Waals surface area contributed by atoms with Crippen LogP contribution in [0.2, 0.25) is 0 Å². The SMILES string of the molecule is C=CCNc1nc(-c2ccc(NC(=O)COCc3ccccc3)cc2)cs1. The van der Waals surface area contributed by atoms with Gasteiger partial charge in [0.1, 0.15) is 6.61 Å². The minimum absolute atomic E-state index is 0.0149. The number of amides is 1. The van der Waals surface area contributed by atoms with E-state index in [2.05, 4.69) is 22.2 Å². The van der Waals surface area contributed by atoms with Crippen LogP contribution in [0.15, 0.2) is 72.6 Å². The number of aromatic nitrogens is 1. The van der Waals surface area contributed by atoms with Crippen LogP contribution in [0.25, 0.3) is 11.3 Å². The maximum atomic E-state index is 12.0. The normalized spacial score (nSPS) is 10.4. The molecule has 0 unspecified atom stereocenters. The number of anilines is 2. The number of nitrogens with one attached hydrogen (secondary N) is 2. The van der Waals surface area contributed by atoms with Crippen LogP contribution in [0.4, 0.5) is 10.8 Å². The Kier molecular flexibility index (Phi) is 6.73. The summed E-state index contributed by atoms with van der Waals surface area (Å²) in [7, 11) is 0. The molecular formula is C21H21N3O2S. The van der Waals surface area contributed by atoms with Gasteiger partial charge in [0.05, 0.1) is 12.3 Å². The molecule has 0 spiro atoms. The number of rotatable bonds is 9. The van der Waals surface area contributed by atoms with Gasteiger partial charge in [0.15, 0.2) is 5.13 Å². The molecule has 27 heavy (non-hydrogen) atoms. The molecule has 3 rings (SSSR count). The Bertz CT molecular complexity index is 876. The summed E-state index contributed by atoms with van der Waals surface area (Å²) < 4.78 is 5.45. The molecule has 0 aliphatic rings. The Morgan fingerprint density at radius 3 is 2.67 bits per heavy atom. The second kappa shape index (κ2) is 9.66. The van der Waals surface area contributed by atoms with Crippen molar-refractivity contribution in [3.63, 3.8) is 0 Å². The molecule has 5 nitrogen and oxygen atoms in total. The van der Waals surface area contributed by atoms with Gasteiger partial charge < -0.3 is 15.4 Å². The minimum atomic E-state index is -0.178. The van der Waals surface area contributed by atoms with Crippen LogP contribution in [-0.4, -0.2) is 24.0 Å². The third-order valence-electron chi connectivity index (χ3n) is 3.71. The van der Waals surface area contributed by atoms with Crippen molar-refractivity contribution in [1.29, 1.82) is 0 Å². The first-order valence-electron chi connectivity index (χ1n) is 8.57. The summed E-state index contributed by atoms with van der Waals surface area (Å²) in [5.41, 5.74) is 3.67. The topological polar surface area (TPSA) is 63.2 Å². The molecule has 0 aliphatic carbocycles. The van der Waals surface area contributed by atoms with E-state index in [-0.39, 0.29) is 12.5 Å². The van der Waals surface area contributed by atoms with Crippen molar-refractivity contribution in [2.45, 2.75) is 6.61 Å². The highest BCUT2D eigenvalue weighted by atomic mass is 32.1. The molecular weight excluding hydrogens is 358 g/mol. The van der Waals surface area contributed by atoms with Crippen LogP contribution >= 0.6 is 11.3 Å². The molecule has 2 aromatic carbocycles. The molecule has 3 aromatic rings. The lowest BCUT2D eigenvalue weighted by Crippen LogP contribution is -2.18. The van der Waals surface area contributed by atoms with Crippen LogP contribution in [0.1, 0.15) is 5.56 Å². The number of thiazole rings is 1. The lowest BCUT2D eigenvalue weighted by molar-refractivity contribution is -0.121. The van der Waals surface area contributed by atoms with E-state index in [1.807, 2.05) is 60.0 Å². The lowest BCUT2D eigenvalue weighted by Gasteiger charge is -2.07. The molecule has 6 heteroatoms. The van der Waals surface area contributed by atoms with E-state index in [1.165, 1.54) is 0 Å². The summed E-state index contributed by atoms with van der Waals surface area (Å²) in [4.78, 5) is 16.5. The van der Waals surface area contributed by atoms with Gasteiger partial charge in [0, 0.05) is 23.2 Å². The predicted molar refractivity (Wildman–Crippen MR) is 111 cm³/mol. The molecule has 138 valence electrons. The number of hydrogen-bond donors (Lipinski definition) is 2. The smallest absolute Gasteiger partial charge is 0.250 e. The zero-order valence-electron chi connectivity index (χ0n) is 14.9. The van der Waals surface area contributed by atoms with E-state index in [1.54, 1.807) is 17.4 Å². The van der Waals surface area contributed by atoms with Crippen LogP contribution < -0.4 is 10.6 Å². The van der Waals surface area contributed by atoms with Gasteiger partial charge in [0.2, 0.25) is 5.91 Å². The third kappa shape index (κ3) is 5.77. The summed E-state index contributed by atoms with van der Waals surface area (Å²) in [6, 6.07) is 17.4. The number of benzene rings is 2.